The minimum Gasteiger partial charge on any atom is -0.494 e. The first kappa shape index (κ1) is 33.3. The number of carboxylic acid groups (broad SMARTS) is 1. The van der Waals surface area contributed by atoms with E-state index in [-0.39, 0.29) is 23.1 Å². The molecule has 4 atom stereocenters. The summed E-state index contributed by atoms with van der Waals surface area (Å²) in [6, 6.07) is 15.0. The van der Waals surface area contributed by atoms with Crippen LogP contribution in [0.5, 0.6) is 0 Å². The summed E-state index contributed by atoms with van der Waals surface area (Å²) in [4.78, 5) is 28.6. The summed E-state index contributed by atoms with van der Waals surface area (Å²) >= 11 is 0. The minimum absolute atomic E-state index is 0.0249. The third-order valence-electron chi connectivity index (χ3n) is 11.9. The van der Waals surface area contributed by atoms with Gasteiger partial charge in [-0.05, 0) is 98.5 Å². The number of hydroxylamine groups is 2. The second-order valence-electron chi connectivity index (χ2n) is 14.7. The maximum Gasteiger partial charge on any atom is 0.313 e. The Morgan fingerprint density at radius 1 is 0.962 bits per heavy atom. The lowest BCUT2D eigenvalue weighted by molar-refractivity contribution is -1.16. The van der Waals surface area contributed by atoms with Gasteiger partial charge in [0.05, 0.1) is 35.5 Å². The number of imidazole rings is 2. The smallest absolute Gasteiger partial charge is 0.313 e. The van der Waals surface area contributed by atoms with Crippen molar-refractivity contribution >= 4 is 17.1 Å². The molecule has 11 nitrogen and oxygen atoms in total. The van der Waals surface area contributed by atoms with Crippen LogP contribution < -0.4 is 10.4 Å². The lowest BCUT2D eigenvalue weighted by atomic mass is 9.92. The van der Waals surface area contributed by atoms with E-state index in [1.807, 2.05) is 30.3 Å². The molecule has 1 amide bonds. The highest BCUT2D eigenvalue weighted by molar-refractivity contribution is 5.87. The molecular formula is C39H41F2N7O4. The molecule has 3 aliphatic heterocycles. The Morgan fingerprint density at radius 3 is 2.40 bits per heavy atom. The number of hydrogen-bond donors (Lipinski definition) is 4. The van der Waals surface area contributed by atoms with Crippen LogP contribution in [0.3, 0.4) is 0 Å². The summed E-state index contributed by atoms with van der Waals surface area (Å²) in [6.45, 7) is 4.11. The lowest BCUT2D eigenvalue weighted by Crippen LogP contribution is -2.70. The minimum atomic E-state index is -3.19. The molecule has 270 valence electrons. The molecule has 2 aromatic heterocycles. The topological polar surface area (TPSA) is 142 Å². The van der Waals surface area contributed by atoms with E-state index in [1.54, 1.807) is 42.4 Å². The zero-order chi connectivity index (χ0) is 35.8. The third kappa shape index (κ3) is 5.28. The van der Waals surface area contributed by atoms with Gasteiger partial charge < -0.3 is 29.9 Å². The molecule has 3 aromatic carbocycles. The maximum atomic E-state index is 16.2. The molecule has 0 bridgehead atoms. The van der Waals surface area contributed by atoms with Gasteiger partial charge in [-0.25, -0.2) is 9.97 Å². The summed E-state index contributed by atoms with van der Waals surface area (Å²) in [7, 11) is 0. The molecule has 5 heterocycles. The van der Waals surface area contributed by atoms with Gasteiger partial charge in [0, 0.05) is 35.8 Å². The van der Waals surface area contributed by atoms with Gasteiger partial charge in [-0.1, -0.05) is 35.1 Å². The third-order valence-corrected chi connectivity index (χ3v) is 11.9. The second kappa shape index (κ2) is 12.6. The molecule has 0 radical (unpaired) electrons. The Morgan fingerprint density at radius 2 is 1.67 bits per heavy atom. The van der Waals surface area contributed by atoms with Crippen LogP contribution in [0.4, 0.5) is 13.6 Å². The van der Waals surface area contributed by atoms with Crippen LogP contribution in [0.2, 0.25) is 0 Å². The van der Waals surface area contributed by atoms with E-state index in [0.29, 0.717) is 90.2 Å². The highest BCUT2D eigenvalue weighted by atomic mass is 19.3. The van der Waals surface area contributed by atoms with Crippen molar-refractivity contribution < 1.29 is 33.4 Å². The van der Waals surface area contributed by atoms with Crippen molar-refractivity contribution in [3.05, 3.63) is 83.6 Å². The average Bonchev–Trinajstić information content (AvgIpc) is 4.01. The van der Waals surface area contributed by atoms with Crippen molar-refractivity contribution in [1.29, 1.82) is 0 Å². The summed E-state index contributed by atoms with van der Waals surface area (Å²) in [5.41, 5.74) is 5.07. The molecule has 13 heteroatoms. The molecule has 52 heavy (non-hydrogen) atoms. The van der Waals surface area contributed by atoms with Crippen molar-refractivity contribution in [3.63, 3.8) is 0 Å². The molecule has 0 saturated carbocycles. The van der Waals surface area contributed by atoms with Crippen molar-refractivity contribution in [3.8, 4) is 33.5 Å². The molecule has 4 aliphatic rings. The Hall–Kier alpha value is -4.53. The Kier molecular flexibility index (Phi) is 8.05. The molecule has 3 saturated heterocycles. The summed E-state index contributed by atoms with van der Waals surface area (Å²) in [5, 5.41) is 29.4. The number of carbonyl (C=O) groups is 1. The highest BCUT2D eigenvalue weighted by Gasteiger charge is 2.52. The van der Waals surface area contributed by atoms with E-state index in [0.717, 1.165) is 30.8 Å². The van der Waals surface area contributed by atoms with E-state index in [4.69, 9.17) is 9.72 Å². The van der Waals surface area contributed by atoms with E-state index in [9.17, 15) is 15.1 Å². The fourth-order valence-corrected chi connectivity index (χ4v) is 8.91. The Labute approximate surface area is 299 Å². The number of alkyl halides is 2. The van der Waals surface area contributed by atoms with Crippen LogP contribution in [0, 0.1) is 5.92 Å². The van der Waals surface area contributed by atoms with E-state index < -0.39 is 28.9 Å². The number of quaternary nitrogens is 1. The van der Waals surface area contributed by atoms with Gasteiger partial charge in [-0.15, -0.1) is 5.01 Å². The van der Waals surface area contributed by atoms with Crippen LogP contribution >= 0.6 is 0 Å². The van der Waals surface area contributed by atoms with Gasteiger partial charge in [0.1, 0.15) is 23.7 Å². The van der Waals surface area contributed by atoms with Crippen LogP contribution in [0.25, 0.3) is 44.5 Å². The molecule has 9 rings (SSSR count). The molecular weight excluding hydrogens is 668 g/mol. The number of halogens is 2. The average molecular weight is 710 g/mol. The quantitative estimate of drug-likeness (QED) is 0.0844. The summed E-state index contributed by atoms with van der Waals surface area (Å²) in [5.74, 6) is -1.88. The van der Waals surface area contributed by atoms with E-state index in [2.05, 4.69) is 20.3 Å². The fourth-order valence-electron chi connectivity index (χ4n) is 8.91. The number of amides is 1. The predicted molar refractivity (Wildman–Crippen MR) is 187 cm³/mol. The number of fused-ring (bicyclic) bond motifs is 4. The molecule has 3 fully saturated rings. The van der Waals surface area contributed by atoms with Crippen molar-refractivity contribution in [2.75, 3.05) is 26.3 Å². The molecule has 5 aromatic rings. The van der Waals surface area contributed by atoms with Gasteiger partial charge in [0.25, 0.3) is 5.92 Å². The standard InChI is InChI=1S/C39H41F2N7O4/c1-22(23-12-16-52-17-13-23)48(51,38(49)50)47-15-3-5-35(47)37-44-31-11-8-25(20-33(31)45-37)24-6-9-27-28-10-7-26(19-30(28)39(40,41)29(27)18-24)34-21-43-36(46-34)32-4-2-14-42-32/h6-11,18-23,32,35,42,51H,2-5,12-17H2,1H3,(H2-,43,44,45,46,49,50). The first-order chi connectivity index (χ1) is 25.1. The van der Waals surface area contributed by atoms with Gasteiger partial charge in [0.2, 0.25) is 0 Å². The van der Waals surface area contributed by atoms with E-state index >= 15 is 8.78 Å². The predicted octanol–water partition coefficient (Wildman–Crippen LogP) is 6.58. The SMILES string of the molecule is CC(C1CCOCC1)[N+](O)(C(=O)[O-])N1CCCC1c1nc2ccc(-c3ccc4c(c3)C(F)(F)c3cc(-c5cnc(C6CCCN6)[nH]5)ccc3-4)cc2[nH]1. The van der Waals surface area contributed by atoms with Crippen LogP contribution in [0.15, 0.2) is 60.8 Å². The van der Waals surface area contributed by atoms with Gasteiger partial charge in [0.15, 0.2) is 0 Å². The van der Waals surface area contributed by atoms with Gasteiger partial charge in [-0.3, -0.25) is 0 Å². The maximum absolute atomic E-state index is 16.2. The largest absolute Gasteiger partial charge is 0.494 e. The second-order valence-corrected chi connectivity index (χ2v) is 14.7. The zero-order valence-electron chi connectivity index (χ0n) is 28.9. The summed E-state index contributed by atoms with van der Waals surface area (Å²) in [6.07, 6.45) is 4.82. The first-order valence-corrected chi connectivity index (χ1v) is 18.3. The number of nitrogens with zero attached hydrogens (tertiary/aromatic N) is 4. The number of H-pyrrole nitrogens is 2. The number of rotatable bonds is 7. The van der Waals surface area contributed by atoms with Gasteiger partial charge in [-0.2, -0.15) is 14.0 Å². The molecule has 0 spiro atoms. The number of carbonyl (C=O) groups excluding carboxylic acids is 1. The number of nitrogens with one attached hydrogen (secondary N) is 3. The van der Waals surface area contributed by atoms with Crippen LogP contribution in [0.1, 0.15) is 80.3 Å². The lowest BCUT2D eigenvalue weighted by Gasteiger charge is -2.45. The number of aromatic amines is 2. The molecule has 4 N–H and O–H groups in total. The molecule has 4 unspecified atom stereocenters. The van der Waals surface area contributed by atoms with Crippen LogP contribution in [-0.2, 0) is 10.7 Å². The normalized spacial score (nSPS) is 23.5. The Bertz CT molecular complexity index is 2170. The van der Waals surface area contributed by atoms with Crippen molar-refractivity contribution in [2.24, 2.45) is 5.92 Å². The van der Waals surface area contributed by atoms with Gasteiger partial charge >= 0.3 is 6.09 Å². The zero-order valence-corrected chi connectivity index (χ0v) is 28.9. The Balaban J connectivity index is 0.993. The summed E-state index contributed by atoms with van der Waals surface area (Å²) < 4.78 is 36.6. The number of ether oxygens (including phenoxy) is 1. The van der Waals surface area contributed by atoms with Crippen molar-refractivity contribution in [1.82, 2.24) is 30.3 Å². The molecule has 1 aliphatic carbocycles. The van der Waals surface area contributed by atoms with E-state index in [1.165, 1.54) is 0 Å². The van der Waals surface area contributed by atoms with Crippen LogP contribution in [-0.4, -0.2) is 73.3 Å². The monoisotopic (exact) mass is 709 g/mol. The number of hydrogen-bond acceptors (Lipinski definition) is 8. The fraction of sp³-hybridized carbons (Fsp3) is 0.410. The number of aromatic nitrogens is 4. The highest BCUT2D eigenvalue weighted by Crippen LogP contribution is 2.53. The first-order valence-electron chi connectivity index (χ1n) is 18.3. The number of benzene rings is 3. The van der Waals surface area contributed by atoms with Crippen molar-refractivity contribution in [2.45, 2.75) is 69.5 Å².